The van der Waals surface area contributed by atoms with Crippen LogP contribution in [0.5, 0.6) is 11.5 Å². The first-order valence-corrected chi connectivity index (χ1v) is 10.7. The molecule has 2 fully saturated rings. The molecule has 0 unspecified atom stereocenters. The largest absolute Gasteiger partial charge is 0.454 e. The fraction of sp³-hybridized carbons (Fsp3) is 0.348. The Labute approximate surface area is 189 Å². The number of hydrogen-bond donors (Lipinski definition) is 1. The van der Waals surface area contributed by atoms with E-state index in [1.807, 2.05) is 4.90 Å². The topological polar surface area (TPSA) is 91.4 Å². The number of imide groups is 1. The van der Waals surface area contributed by atoms with Crippen molar-refractivity contribution in [1.82, 2.24) is 15.1 Å². The molecule has 3 heterocycles. The fourth-order valence-corrected chi connectivity index (χ4v) is 4.38. The maximum Gasteiger partial charge on any atom is 0.325 e. The molecule has 0 saturated carbocycles. The van der Waals surface area contributed by atoms with Crippen molar-refractivity contribution in [1.29, 1.82) is 0 Å². The molecule has 3 aliphatic heterocycles. The van der Waals surface area contributed by atoms with Crippen molar-refractivity contribution in [3.05, 3.63) is 53.8 Å². The number of benzene rings is 2. The second-order valence-electron chi connectivity index (χ2n) is 8.33. The highest BCUT2D eigenvalue weighted by Crippen LogP contribution is 2.37. The summed E-state index contributed by atoms with van der Waals surface area (Å²) in [5.74, 6) is -0.0792. The SMILES string of the molecule is C[C@@]1(c2ccc3c(c2)OCO3)NC(=O)N(CC(=O)N2CCN(c3ccccc3F)CC2)C1=O. The van der Waals surface area contributed by atoms with Gasteiger partial charge in [0, 0.05) is 26.2 Å². The normalized spacial score (nSPS) is 22.1. The molecule has 5 rings (SSSR count). The number of nitrogens with zero attached hydrogens (tertiary/aromatic N) is 3. The average molecular weight is 454 g/mol. The zero-order valence-corrected chi connectivity index (χ0v) is 18.0. The van der Waals surface area contributed by atoms with Crippen molar-refractivity contribution in [3.8, 4) is 11.5 Å². The number of carbonyl (C=O) groups is 3. The average Bonchev–Trinajstić information content (AvgIpc) is 3.38. The minimum atomic E-state index is -1.32. The third kappa shape index (κ3) is 3.61. The maximum absolute atomic E-state index is 14.0. The van der Waals surface area contributed by atoms with E-state index < -0.39 is 17.5 Å². The summed E-state index contributed by atoms with van der Waals surface area (Å²) in [6.45, 7) is 3.00. The molecule has 0 aromatic heterocycles. The lowest BCUT2D eigenvalue weighted by Gasteiger charge is -2.36. The summed E-state index contributed by atoms with van der Waals surface area (Å²) in [7, 11) is 0. The second-order valence-corrected chi connectivity index (χ2v) is 8.33. The first-order valence-electron chi connectivity index (χ1n) is 10.7. The lowest BCUT2D eigenvalue weighted by atomic mass is 9.91. The van der Waals surface area contributed by atoms with Gasteiger partial charge < -0.3 is 24.6 Å². The fourth-order valence-electron chi connectivity index (χ4n) is 4.38. The van der Waals surface area contributed by atoms with E-state index in [1.165, 1.54) is 6.07 Å². The summed E-state index contributed by atoms with van der Waals surface area (Å²) < 4.78 is 24.7. The lowest BCUT2D eigenvalue weighted by Crippen LogP contribution is -2.52. The van der Waals surface area contributed by atoms with Gasteiger partial charge in [-0.1, -0.05) is 18.2 Å². The van der Waals surface area contributed by atoms with Crippen LogP contribution in [0, 0.1) is 5.82 Å². The third-order valence-electron chi connectivity index (χ3n) is 6.34. The van der Waals surface area contributed by atoms with E-state index in [0.717, 1.165) is 4.90 Å². The summed E-state index contributed by atoms with van der Waals surface area (Å²) in [5, 5.41) is 2.70. The molecule has 2 aromatic carbocycles. The highest BCUT2D eigenvalue weighted by Gasteiger charge is 2.50. The first-order chi connectivity index (χ1) is 15.9. The number of piperazine rings is 1. The quantitative estimate of drug-likeness (QED) is 0.707. The van der Waals surface area contributed by atoms with Crippen molar-refractivity contribution < 1.29 is 28.2 Å². The van der Waals surface area contributed by atoms with Gasteiger partial charge in [-0.05, 0) is 36.8 Å². The number of carbonyl (C=O) groups excluding carboxylic acids is 3. The van der Waals surface area contributed by atoms with Crippen molar-refractivity contribution in [2.24, 2.45) is 0 Å². The molecule has 33 heavy (non-hydrogen) atoms. The van der Waals surface area contributed by atoms with Crippen LogP contribution in [0.3, 0.4) is 0 Å². The predicted octanol–water partition coefficient (Wildman–Crippen LogP) is 1.67. The number of amides is 4. The molecule has 0 bridgehead atoms. The van der Waals surface area contributed by atoms with Gasteiger partial charge in [-0.15, -0.1) is 0 Å². The number of urea groups is 1. The number of halogens is 1. The number of ether oxygens (including phenoxy) is 2. The first kappa shape index (κ1) is 21.0. The van der Waals surface area contributed by atoms with Gasteiger partial charge in [-0.25, -0.2) is 9.18 Å². The highest BCUT2D eigenvalue weighted by molar-refractivity contribution is 6.09. The van der Waals surface area contributed by atoms with Crippen LogP contribution in [0.4, 0.5) is 14.9 Å². The van der Waals surface area contributed by atoms with Crippen molar-refractivity contribution in [3.63, 3.8) is 0 Å². The minimum Gasteiger partial charge on any atom is -0.454 e. The Morgan fingerprint density at radius 3 is 2.55 bits per heavy atom. The van der Waals surface area contributed by atoms with Crippen LogP contribution < -0.4 is 19.7 Å². The van der Waals surface area contributed by atoms with Gasteiger partial charge in [0.15, 0.2) is 11.5 Å². The van der Waals surface area contributed by atoms with Gasteiger partial charge >= 0.3 is 6.03 Å². The number of nitrogens with one attached hydrogen (secondary N) is 1. The van der Waals surface area contributed by atoms with Gasteiger partial charge in [-0.3, -0.25) is 14.5 Å². The van der Waals surface area contributed by atoms with E-state index in [4.69, 9.17) is 9.47 Å². The molecule has 2 aromatic rings. The standard InChI is InChI=1S/C23H23FN4O5/c1-23(15-6-7-18-19(12-15)33-14-32-18)21(30)28(22(31)25-23)13-20(29)27-10-8-26(9-11-27)17-5-3-2-4-16(17)24/h2-7,12H,8-11,13-14H2,1H3,(H,25,31)/t23-/m0/s1. The number of rotatable bonds is 4. The number of hydrogen-bond acceptors (Lipinski definition) is 6. The summed E-state index contributed by atoms with van der Waals surface area (Å²) >= 11 is 0. The van der Waals surface area contributed by atoms with E-state index in [2.05, 4.69) is 5.32 Å². The molecule has 0 aliphatic carbocycles. The van der Waals surface area contributed by atoms with Crippen LogP contribution in [-0.2, 0) is 15.1 Å². The van der Waals surface area contributed by atoms with Crippen molar-refractivity contribution in [2.75, 3.05) is 44.4 Å². The van der Waals surface area contributed by atoms with Crippen LogP contribution in [-0.4, -0.2) is 67.2 Å². The Balaban J connectivity index is 1.24. The van der Waals surface area contributed by atoms with E-state index in [0.29, 0.717) is 48.9 Å². The molecule has 0 spiro atoms. The molecular formula is C23H23FN4O5. The monoisotopic (exact) mass is 454 g/mol. The molecule has 1 atom stereocenters. The third-order valence-corrected chi connectivity index (χ3v) is 6.34. The predicted molar refractivity (Wildman–Crippen MR) is 115 cm³/mol. The molecule has 2 saturated heterocycles. The smallest absolute Gasteiger partial charge is 0.325 e. The van der Waals surface area contributed by atoms with Crippen molar-refractivity contribution >= 4 is 23.5 Å². The Morgan fingerprint density at radius 1 is 1.06 bits per heavy atom. The summed E-state index contributed by atoms with van der Waals surface area (Å²) in [5.41, 5.74) is -0.279. The zero-order valence-electron chi connectivity index (χ0n) is 18.0. The highest BCUT2D eigenvalue weighted by atomic mass is 19.1. The van der Waals surface area contributed by atoms with E-state index in [1.54, 1.807) is 48.2 Å². The summed E-state index contributed by atoms with van der Waals surface area (Å²) in [6.07, 6.45) is 0. The molecule has 0 radical (unpaired) electrons. The van der Waals surface area contributed by atoms with Gasteiger partial charge in [-0.2, -0.15) is 0 Å². The second kappa shape index (κ2) is 7.95. The molecule has 10 heteroatoms. The van der Waals surface area contributed by atoms with Gasteiger partial charge in [0.2, 0.25) is 12.7 Å². The molecule has 172 valence electrons. The summed E-state index contributed by atoms with van der Waals surface area (Å²) in [4.78, 5) is 43.1. The van der Waals surface area contributed by atoms with Crippen LogP contribution in [0.1, 0.15) is 12.5 Å². The number of anilines is 1. The van der Waals surface area contributed by atoms with E-state index >= 15 is 0 Å². The number of fused-ring (bicyclic) bond motifs is 1. The molecule has 9 nitrogen and oxygen atoms in total. The Hall–Kier alpha value is -3.82. The Kier molecular flexibility index (Phi) is 5.07. The van der Waals surface area contributed by atoms with Gasteiger partial charge in [0.1, 0.15) is 17.9 Å². The Bertz CT molecular complexity index is 1130. The lowest BCUT2D eigenvalue weighted by molar-refractivity contribution is -0.139. The minimum absolute atomic E-state index is 0.0978. The van der Waals surface area contributed by atoms with Crippen LogP contribution in [0.15, 0.2) is 42.5 Å². The van der Waals surface area contributed by atoms with Gasteiger partial charge in [0.05, 0.1) is 5.69 Å². The van der Waals surface area contributed by atoms with Crippen LogP contribution in [0.2, 0.25) is 0 Å². The van der Waals surface area contributed by atoms with Crippen LogP contribution >= 0.6 is 0 Å². The van der Waals surface area contributed by atoms with Crippen molar-refractivity contribution in [2.45, 2.75) is 12.5 Å². The summed E-state index contributed by atoms with van der Waals surface area (Å²) in [6, 6.07) is 10.9. The molecule has 4 amide bonds. The zero-order chi connectivity index (χ0) is 23.2. The molecule has 1 N–H and O–H groups in total. The Morgan fingerprint density at radius 2 is 1.79 bits per heavy atom. The van der Waals surface area contributed by atoms with Gasteiger partial charge in [0.25, 0.3) is 5.91 Å². The van der Waals surface area contributed by atoms with E-state index in [-0.39, 0.29) is 25.1 Å². The van der Waals surface area contributed by atoms with E-state index in [9.17, 15) is 18.8 Å². The number of para-hydroxylation sites is 1. The van der Waals surface area contributed by atoms with Crippen LogP contribution in [0.25, 0.3) is 0 Å². The molecule has 3 aliphatic rings. The molecular weight excluding hydrogens is 431 g/mol. The maximum atomic E-state index is 14.0.